The average molecular weight is 438 g/mol. The molecule has 2 fully saturated rings. The molecule has 0 N–H and O–H groups in total. The van der Waals surface area contributed by atoms with Gasteiger partial charge < -0.3 is 9.80 Å². The van der Waals surface area contributed by atoms with Crippen molar-refractivity contribution >= 4 is 11.8 Å². The lowest BCUT2D eigenvalue weighted by Gasteiger charge is -2.26. The minimum Gasteiger partial charge on any atom is -0.341 e. The van der Waals surface area contributed by atoms with E-state index in [0.29, 0.717) is 19.5 Å². The molecule has 0 aromatic heterocycles. The Hall–Kier alpha value is -2.73. The molecule has 2 aromatic rings. The predicted octanol–water partition coefficient (Wildman–Crippen LogP) is 3.48. The number of halogens is 1. The number of nitrogens with zero attached hydrogens (tertiary/aromatic N) is 3. The third-order valence-corrected chi connectivity index (χ3v) is 6.58. The van der Waals surface area contributed by atoms with Crippen LogP contribution < -0.4 is 0 Å². The van der Waals surface area contributed by atoms with Crippen molar-refractivity contribution in [2.45, 2.75) is 44.7 Å². The third kappa shape index (κ3) is 5.74. The molecule has 4 rings (SSSR count). The molecule has 170 valence electrons. The third-order valence-electron chi connectivity index (χ3n) is 6.58. The Kier molecular flexibility index (Phi) is 7.53. The van der Waals surface area contributed by atoms with E-state index in [1.807, 2.05) is 28.0 Å². The number of carbonyl (C=O) groups excluding carboxylic acids is 2. The summed E-state index contributed by atoms with van der Waals surface area (Å²) in [5.41, 5.74) is 2.22. The van der Waals surface area contributed by atoms with Gasteiger partial charge in [0, 0.05) is 45.7 Å². The van der Waals surface area contributed by atoms with Crippen molar-refractivity contribution in [1.82, 2.24) is 14.7 Å². The van der Waals surface area contributed by atoms with Gasteiger partial charge in [0.2, 0.25) is 11.8 Å². The topological polar surface area (TPSA) is 43.9 Å². The van der Waals surface area contributed by atoms with Gasteiger partial charge >= 0.3 is 0 Å². The summed E-state index contributed by atoms with van der Waals surface area (Å²) in [6.07, 6.45) is 4.06. The molecule has 0 radical (unpaired) electrons. The summed E-state index contributed by atoms with van der Waals surface area (Å²) in [6, 6.07) is 16.5. The smallest absolute Gasteiger partial charge is 0.240 e. The van der Waals surface area contributed by atoms with E-state index in [0.717, 1.165) is 57.4 Å². The largest absolute Gasteiger partial charge is 0.341 e. The molecule has 1 unspecified atom stereocenters. The molecule has 5 nitrogen and oxygen atoms in total. The van der Waals surface area contributed by atoms with E-state index in [1.54, 1.807) is 12.1 Å². The zero-order chi connectivity index (χ0) is 22.3. The van der Waals surface area contributed by atoms with Crippen LogP contribution in [0.1, 0.15) is 36.8 Å². The first-order valence-corrected chi connectivity index (χ1v) is 11.7. The Morgan fingerprint density at radius 2 is 1.69 bits per heavy atom. The zero-order valence-electron chi connectivity index (χ0n) is 18.6. The molecule has 32 heavy (non-hydrogen) atoms. The van der Waals surface area contributed by atoms with Gasteiger partial charge in [-0.15, -0.1) is 0 Å². The van der Waals surface area contributed by atoms with E-state index in [2.05, 4.69) is 17.0 Å². The van der Waals surface area contributed by atoms with Crippen LogP contribution in [0, 0.1) is 5.82 Å². The second-order valence-corrected chi connectivity index (χ2v) is 8.80. The maximum Gasteiger partial charge on any atom is 0.240 e. The van der Waals surface area contributed by atoms with Crippen LogP contribution in [0.5, 0.6) is 0 Å². The normalized spacial score (nSPS) is 19.9. The minimum atomic E-state index is -0.261. The summed E-state index contributed by atoms with van der Waals surface area (Å²) >= 11 is 0. The fraction of sp³-hybridized carbons (Fsp3) is 0.462. The van der Waals surface area contributed by atoms with Gasteiger partial charge in [0.15, 0.2) is 0 Å². The summed E-state index contributed by atoms with van der Waals surface area (Å²) in [5.74, 6) is 0.110. The van der Waals surface area contributed by atoms with Gasteiger partial charge in [0.1, 0.15) is 5.82 Å². The quantitative estimate of drug-likeness (QED) is 0.666. The van der Waals surface area contributed by atoms with Crippen molar-refractivity contribution in [2.24, 2.45) is 0 Å². The molecular weight excluding hydrogens is 405 g/mol. The van der Waals surface area contributed by atoms with Gasteiger partial charge in [-0.05, 0) is 48.9 Å². The number of aryl methyl sites for hydroxylation is 1. The average Bonchev–Trinajstić information content (AvgIpc) is 3.00. The summed E-state index contributed by atoms with van der Waals surface area (Å²) < 4.78 is 13.1. The number of likely N-dealkylation sites (tertiary alicyclic amines) is 1. The monoisotopic (exact) mass is 437 g/mol. The molecule has 0 saturated carbocycles. The van der Waals surface area contributed by atoms with E-state index >= 15 is 0 Å². The first-order valence-electron chi connectivity index (χ1n) is 11.7. The van der Waals surface area contributed by atoms with Crippen molar-refractivity contribution < 1.29 is 14.0 Å². The van der Waals surface area contributed by atoms with Crippen LogP contribution in [-0.2, 0) is 22.6 Å². The molecule has 0 aliphatic carbocycles. The summed E-state index contributed by atoms with van der Waals surface area (Å²) in [6.45, 7) is 4.28. The van der Waals surface area contributed by atoms with E-state index in [-0.39, 0.29) is 23.7 Å². The standard InChI is InChI=1S/C26H32FN3O2/c27-23-12-10-22(11-13-23)20-30-17-14-24(26(30)32)28-15-5-16-29(19-18-28)25(31)9-4-8-21-6-2-1-3-7-21/h1-3,6-7,10-13,24H,4-5,8-9,14-20H2. The van der Waals surface area contributed by atoms with Crippen LogP contribution in [0.2, 0.25) is 0 Å². The van der Waals surface area contributed by atoms with Crippen molar-refractivity contribution in [3.05, 3.63) is 71.5 Å². The van der Waals surface area contributed by atoms with E-state index in [1.165, 1.54) is 17.7 Å². The molecular formula is C26H32FN3O2. The van der Waals surface area contributed by atoms with E-state index < -0.39 is 0 Å². The van der Waals surface area contributed by atoms with Crippen LogP contribution in [0.4, 0.5) is 4.39 Å². The highest BCUT2D eigenvalue weighted by atomic mass is 19.1. The molecule has 6 heteroatoms. The number of hydrogen-bond donors (Lipinski definition) is 0. The van der Waals surface area contributed by atoms with Crippen LogP contribution in [0.3, 0.4) is 0 Å². The Morgan fingerprint density at radius 3 is 2.47 bits per heavy atom. The maximum atomic E-state index is 13.1. The lowest BCUT2D eigenvalue weighted by molar-refractivity contribution is -0.132. The maximum absolute atomic E-state index is 13.1. The summed E-state index contributed by atoms with van der Waals surface area (Å²) in [5, 5.41) is 0. The number of rotatable bonds is 7. The fourth-order valence-electron chi connectivity index (χ4n) is 4.77. The molecule has 2 aliphatic heterocycles. The predicted molar refractivity (Wildman–Crippen MR) is 122 cm³/mol. The molecule has 2 heterocycles. The zero-order valence-corrected chi connectivity index (χ0v) is 18.6. The first kappa shape index (κ1) is 22.5. The van der Waals surface area contributed by atoms with Gasteiger partial charge in [-0.2, -0.15) is 0 Å². The number of carbonyl (C=O) groups is 2. The molecule has 2 aliphatic rings. The van der Waals surface area contributed by atoms with Crippen LogP contribution in [-0.4, -0.2) is 65.3 Å². The van der Waals surface area contributed by atoms with Crippen LogP contribution in [0.15, 0.2) is 54.6 Å². The first-order chi connectivity index (χ1) is 15.6. The number of amides is 2. The highest BCUT2D eigenvalue weighted by Crippen LogP contribution is 2.21. The van der Waals surface area contributed by atoms with Gasteiger partial charge in [-0.1, -0.05) is 42.5 Å². The molecule has 2 aromatic carbocycles. The fourth-order valence-corrected chi connectivity index (χ4v) is 4.77. The van der Waals surface area contributed by atoms with Crippen LogP contribution >= 0.6 is 0 Å². The van der Waals surface area contributed by atoms with Crippen molar-refractivity contribution in [1.29, 1.82) is 0 Å². The van der Waals surface area contributed by atoms with Crippen LogP contribution in [0.25, 0.3) is 0 Å². The van der Waals surface area contributed by atoms with E-state index in [4.69, 9.17) is 0 Å². The van der Waals surface area contributed by atoms with E-state index in [9.17, 15) is 14.0 Å². The Balaban J connectivity index is 1.24. The number of hydrogen-bond acceptors (Lipinski definition) is 3. The molecule has 0 bridgehead atoms. The number of benzene rings is 2. The lowest BCUT2D eigenvalue weighted by atomic mass is 10.1. The van der Waals surface area contributed by atoms with Crippen molar-refractivity contribution in [2.75, 3.05) is 32.7 Å². The van der Waals surface area contributed by atoms with Gasteiger partial charge in [0.25, 0.3) is 0 Å². The Labute approximate surface area is 189 Å². The molecule has 0 spiro atoms. The lowest BCUT2D eigenvalue weighted by Crippen LogP contribution is -2.44. The Morgan fingerprint density at radius 1 is 0.906 bits per heavy atom. The SMILES string of the molecule is O=C(CCCc1ccccc1)N1CCCN(C2CCN(Cc3ccc(F)cc3)C2=O)CC1. The Bertz CT molecular complexity index is 903. The molecule has 1 atom stereocenters. The minimum absolute atomic E-state index is 0.108. The molecule has 2 amide bonds. The van der Waals surface area contributed by atoms with Gasteiger partial charge in [0.05, 0.1) is 6.04 Å². The van der Waals surface area contributed by atoms with Gasteiger partial charge in [-0.25, -0.2) is 4.39 Å². The summed E-state index contributed by atoms with van der Waals surface area (Å²) in [4.78, 5) is 31.8. The van der Waals surface area contributed by atoms with Crippen molar-refractivity contribution in [3.63, 3.8) is 0 Å². The highest BCUT2D eigenvalue weighted by Gasteiger charge is 2.36. The summed E-state index contributed by atoms with van der Waals surface area (Å²) in [7, 11) is 0. The van der Waals surface area contributed by atoms with Gasteiger partial charge in [-0.3, -0.25) is 14.5 Å². The van der Waals surface area contributed by atoms with Crippen molar-refractivity contribution in [3.8, 4) is 0 Å². The second-order valence-electron chi connectivity index (χ2n) is 8.80. The molecule has 2 saturated heterocycles. The second kappa shape index (κ2) is 10.7. The highest BCUT2D eigenvalue weighted by molar-refractivity contribution is 5.84.